The highest BCUT2D eigenvalue weighted by Gasteiger charge is 2.51. The summed E-state index contributed by atoms with van der Waals surface area (Å²) < 4.78 is 526. The Labute approximate surface area is 919 Å². The summed E-state index contributed by atoms with van der Waals surface area (Å²) in [6, 6.07) is -3.47. The van der Waals surface area contributed by atoms with Crippen LogP contribution < -0.4 is 21.3 Å². The molecule has 8 heterocycles. The van der Waals surface area contributed by atoms with E-state index in [1.165, 1.54) is 89.2 Å². The number of ether oxygens (including phenoxy) is 4. The van der Waals surface area contributed by atoms with Gasteiger partial charge in [-0.05, 0) is 147 Å². The maximum atomic E-state index is 14.4. The van der Waals surface area contributed by atoms with E-state index in [1.807, 2.05) is 0 Å². The second-order valence-electron chi connectivity index (χ2n) is 30.9. The molecule has 8 fully saturated rings. The van der Waals surface area contributed by atoms with E-state index in [9.17, 15) is 78.8 Å². The second-order valence-corrected chi connectivity index (χ2v) is 34.1. The van der Waals surface area contributed by atoms with Gasteiger partial charge in [-0.2, -0.15) is 0 Å². The zero-order valence-electron chi connectivity index (χ0n) is 130. The SMILES string of the molecule is [2H]C([2H])(CC)Sc1nc(N[C@H]2[C@H](c3ccc(C)c(F)c3)C2([2H])[2H])c2nnn([C@]3([2H])C([2H])([2H])[C@]([2H])(OC([2H])([2H])C([2H])([2H])O)[C@@]([2H])(O)[C@@]3([2H])O)c2n1.[2H]C([2H])(CO)O[C@@]1([2H])C([2H])([2H])[C@@]([2H])(n2nnc3c(N[C@H]4[C@H](c5ccc(C)c(F)c5)C4([2H])[2H])nc(SC([2H])([2H])C([2H])([2H])C)nc32)[C@]([2H])(O)[C@]1([2H])O.[2H]C([2H])(O)CO[C@@]1([2H])C([2H])([2H])[C@@]([2H])(n2nnc3c(N[C@H]4[C@H](c5ccc(C)c(F)c5)C4([2H])[2H])nc(SC([2H])([2H])C([2H])([2H])C)nc32)[C@]([2H])(O)[C@]1([2H])O.[2H]C1([2H])[C@@H](Nc2nc(SC([2H])([2H])C([2H])([2H])C)nc3c2nnn3[C@]2([2H])C([2H])([2H])[C@]([2H])(OCCO)[C@@]([2H])(O)[C@@]2([2H])O)[C@@H]1c1ccc(C)c(F)c1. The van der Waals surface area contributed by atoms with E-state index in [4.69, 9.17) is 83.5 Å². The van der Waals surface area contributed by atoms with Crippen LogP contribution in [0.1, 0.15) is 270 Å². The van der Waals surface area contributed by atoms with Crippen molar-refractivity contribution < 1.29 is 172 Å². The first-order valence-corrected chi connectivity index (χ1v) is 45.9. The van der Waals surface area contributed by atoms with Gasteiger partial charge in [-0.15, -0.1) is 20.4 Å². The molecule has 12 aromatic rings. The lowest BCUT2D eigenvalue weighted by Gasteiger charge is -2.17. The number of anilines is 4. The number of hydrogen-bond acceptors (Lipinski definition) is 40. The third-order valence-electron chi connectivity index (χ3n) is 21.4. The zero-order valence-corrected chi connectivity index (χ0v) is 78.9. The number of halogens is 4. The maximum Gasteiger partial charge on any atom is 0.191 e. The number of aliphatic hydroxyl groups is 12. The van der Waals surface area contributed by atoms with Gasteiger partial charge < -0.3 is 101 Å². The van der Waals surface area contributed by atoms with Crippen LogP contribution in [0.2, 0.25) is 0 Å². The van der Waals surface area contributed by atoms with Crippen LogP contribution in [0.25, 0.3) is 44.7 Å². The summed E-state index contributed by atoms with van der Waals surface area (Å²) in [5.41, 5.74) is -13.2. The number of rotatable bonds is 40. The first kappa shape index (κ1) is 57.3. The topological polar surface area (TPSA) is 554 Å². The number of nitrogens with zero attached hydrogens (tertiary/aromatic N) is 20. The van der Waals surface area contributed by atoms with Crippen molar-refractivity contribution in [3.8, 4) is 0 Å². The lowest BCUT2D eigenvalue weighted by atomic mass is 10.1. The van der Waals surface area contributed by atoms with Gasteiger partial charge in [0.05, 0.1) is 134 Å². The Hall–Kier alpha value is -9.52. The van der Waals surface area contributed by atoms with E-state index < -0.39 is 396 Å². The molecule has 8 saturated carbocycles. The number of fused-ring (bicyclic) bond motifs is 4. The van der Waals surface area contributed by atoms with Crippen LogP contribution in [0.4, 0.5) is 40.8 Å². The summed E-state index contributed by atoms with van der Waals surface area (Å²) in [6.07, 6.45) is -80.7. The zero-order chi connectivity index (χ0) is 150. The maximum absolute atomic E-state index is 14.4. The standard InChI is InChI=1S/4C24H31FN6O4S/c4*1-3-8-36-24-27-22(26-16-10-14(16)13-5-4-12(2)15(25)9-13)19-23(28-24)31(30-29-19)17-11-18(35-7-6-32)21(34)20(17)33/h4*4-5,9,14,16-18,20-21,32-34H,3,6-8,10-11H2,1-2H3,(H,26,27,28)/t4*14-,16+,17+,18-,20-,21+/m0000/s1/i6D2,7D2,8D2,10D2,11D2,17D,18D,20D,21D;3D2,7D2,8D2,10D2,11D2,17D,18D,20D,21D;3D2,6D2,8D2,10D2,11D2,17D,18D,20D,21D;3D2,8D2,10D2,11D2,17D,18D,20D,21D. The minimum Gasteiger partial charge on any atom is -0.394 e. The molecule has 20 rings (SSSR count). The number of benzene rings is 4. The van der Waals surface area contributed by atoms with Crippen LogP contribution in [0.3, 0.4) is 0 Å². The highest BCUT2D eigenvalue weighted by atomic mass is 32.2. The predicted molar refractivity (Wildman–Crippen MR) is 530 cm³/mol. The molecule has 48 heteroatoms. The van der Waals surface area contributed by atoms with E-state index in [2.05, 4.69) is 112 Å². The van der Waals surface area contributed by atoms with Gasteiger partial charge in [0.15, 0.2) is 88.6 Å². The molecular weight excluding hydrogens is 1950 g/mol. The number of nitrogens with one attached hydrogen (secondary N) is 4. The monoisotopic (exact) mass is 2130 g/mol. The van der Waals surface area contributed by atoms with Crippen LogP contribution in [-0.4, -0.2) is 334 Å². The van der Waals surface area contributed by atoms with E-state index in [0.717, 1.165) is 39.0 Å². The van der Waals surface area contributed by atoms with E-state index >= 15 is 0 Å². The van der Waals surface area contributed by atoms with Crippen molar-refractivity contribution in [3.05, 3.63) is 141 Å². The highest BCUT2D eigenvalue weighted by Crippen LogP contribution is 2.50. The van der Waals surface area contributed by atoms with Gasteiger partial charge in [0.2, 0.25) is 0 Å². The quantitative estimate of drug-likeness (QED) is 0.00969. The Kier molecular flexibility index (Phi) is 18.8. The smallest absolute Gasteiger partial charge is 0.191 e. The lowest BCUT2D eigenvalue weighted by molar-refractivity contribution is -0.0629. The largest absolute Gasteiger partial charge is 0.394 e. The summed E-state index contributed by atoms with van der Waals surface area (Å²) in [5, 5.41) is 165. The molecule has 16 N–H and O–H groups in total. The fourth-order valence-corrected chi connectivity index (χ4v) is 15.9. The van der Waals surface area contributed by atoms with Crippen molar-refractivity contribution in [1.29, 1.82) is 0 Å². The van der Waals surface area contributed by atoms with E-state index in [-0.39, 0.29) is 88.5 Å². The van der Waals surface area contributed by atoms with E-state index in [1.54, 1.807) is 0 Å². The summed E-state index contributed by atoms with van der Waals surface area (Å²) in [6.45, 7) is -9.19. The molecule has 0 saturated heterocycles. The molecule has 4 aromatic carbocycles. The van der Waals surface area contributed by atoms with Gasteiger partial charge in [0.1, 0.15) is 71.9 Å². The normalized spacial score (nSPS) is 45.2. The third-order valence-corrected chi connectivity index (χ3v) is 24.2. The molecule has 0 spiro atoms. The number of aryl methyl sites for hydroxylation is 4. The number of aliphatic hydroxyl groups excluding tert-OH is 2. The second kappa shape index (κ2) is 47.3. The molecule has 0 aliphatic heterocycles. The molecule has 776 valence electrons. The van der Waals surface area contributed by atoms with Crippen LogP contribution in [0.15, 0.2) is 93.4 Å². The summed E-state index contributed by atoms with van der Waals surface area (Å²) >= 11 is 0.735. The molecular formula is C96H124F4N24O16S4. The van der Waals surface area contributed by atoms with Crippen molar-refractivity contribution in [1.82, 2.24) is 99.8 Å². The van der Waals surface area contributed by atoms with Crippen LogP contribution in [0, 0.1) is 51.0 Å². The van der Waals surface area contributed by atoms with Gasteiger partial charge in [-0.3, -0.25) is 0 Å². The molecule has 0 unspecified atom stereocenters. The highest BCUT2D eigenvalue weighted by molar-refractivity contribution is 7.99. The Bertz CT molecular complexity index is 9370. The fourth-order valence-electron chi connectivity index (χ4n) is 14.0. The fraction of sp³-hybridized carbons (Fsp3) is 0.583. The minimum atomic E-state index is -4.35. The van der Waals surface area contributed by atoms with Crippen molar-refractivity contribution >= 4 is 115 Å². The average molecular weight is 2130 g/mol. The summed E-state index contributed by atoms with van der Waals surface area (Å²) in [4.78, 5) is 32.9. The molecule has 0 bridgehead atoms. The molecule has 144 heavy (non-hydrogen) atoms. The van der Waals surface area contributed by atoms with Crippen LogP contribution >= 0.6 is 47.0 Å². The van der Waals surface area contributed by atoms with Crippen LogP contribution in [0.5, 0.6) is 0 Å². The molecule has 8 aliphatic carbocycles. The minimum absolute atomic E-state index is 0.0600. The van der Waals surface area contributed by atoms with Gasteiger partial charge in [0.25, 0.3) is 0 Å². The van der Waals surface area contributed by atoms with Crippen molar-refractivity contribution in [2.24, 2.45) is 0 Å². The van der Waals surface area contributed by atoms with Crippen molar-refractivity contribution in [2.45, 2.75) is 297 Å². The third kappa shape index (κ3) is 23.8. The Balaban J connectivity index is 0.000000171. The lowest BCUT2D eigenvalue weighted by Crippen LogP contribution is -2.33. The Morgan fingerprint density at radius 2 is 0.625 bits per heavy atom. The molecule has 24 atom stereocenters. The Morgan fingerprint density at radius 1 is 0.354 bits per heavy atom. The number of thioether (sulfide) groups is 4. The summed E-state index contributed by atoms with van der Waals surface area (Å²) in [5.74, 6) is -7.91. The number of hydrogen-bond donors (Lipinski definition) is 16. The Morgan fingerprint density at radius 3 is 0.875 bits per heavy atom. The van der Waals surface area contributed by atoms with Gasteiger partial charge >= 0.3 is 0 Å². The van der Waals surface area contributed by atoms with Crippen molar-refractivity contribution in [2.75, 3.05) is 96.8 Å². The van der Waals surface area contributed by atoms with Gasteiger partial charge in [0, 0.05) is 137 Å². The molecule has 8 aliphatic rings. The van der Waals surface area contributed by atoms with E-state index in [0.29, 0.717) is 34.0 Å². The van der Waals surface area contributed by atoms with Crippen LogP contribution in [-0.2, 0) is 18.9 Å². The molecule has 40 nitrogen and oxygen atoms in total. The average Bonchev–Trinajstić information content (AvgIpc) is 1.46. The molecule has 0 amide bonds. The first-order valence-electron chi connectivity index (χ1n) is 69.6. The van der Waals surface area contributed by atoms with Crippen molar-refractivity contribution in [3.63, 3.8) is 0 Å². The van der Waals surface area contributed by atoms with Gasteiger partial charge in [-0.25, -0.2) is 76.2 Å². The molecule has 0 radical (unpaired) electrons. The molecule has 8 aromatic heterocycles. The van der Waals surface area contributed by atoms with Gasteiger partial charge in [-0.1, -0.05) is 144 Å². The number of aromatic nitrogens is 20. The summed E-state index contributed by atoms with van der Waals surface area (Å²) in [7, 11) is 0. The predicted octanol–water partition coefficient (Wildman–Crippen LogP) is 8.73. The first-order chi connectivity index (χ1) is 89.0.